The van der Waals surface area contributed by atoms with Crippen LogP contribution in [-0.4, -0.2) is 33.0 Å². The summed E-state index contributed by atoms with van der Waals surface area (Å²) in [5, 5.41) is 20.5. The molecule has 0 aliphatic rings. The summed E-state index contributed by atoms with van der Waals surface area (Å²) >= 11 is 1.50. The van der Waals surface area contributed by atoms with E-state index in [1.54, 1.807) is 11.8 Å². The Morgan fingerprint density at radius 1 is 1.21 bits per heavy atom. The number of carboxylic acids is 1. The number of rotatable bonds is 8. The first-order valence-corrected chi connectivity index (χ1v) is 11.3. The molecule has 0 fully saturated rings. The lowest BCUT2D eigenvalue weighted by Crippen LogP contribution is -2.08. The molecule has 0 radical (unpaired) electrons. The smallest absolute Gasteiger partial charge is 0.337 e. The standard InChI is InChI=1S/C24H23FN4O3S/c1-4-15-13-33-23(26-15)21-17(5-2)28-29(19-8-6-7-9-20(19)32-3)22(21)27-18-11-10-14(25)12-16(18)24(30)31/h6-13,27H,4-5H2,1-3H3,(H,30,31). The molecule has 0 aliphatic heterocycles. The average molecular weight is 467 g/mol. The van der Waals surface area contributed by atoms with Crippen molar-refractivity contribution in [2.45, 2.75) is 26.7 Å². The number of anilines is 2. The Labute approximate surface area is 194 Å². The van der Waals surface area contributed by atoms with E-state index in [0.717, 1.165) is 34.4 Å². The van der Waals surface area contributed by atoms with Crippen LogP contribution < -0.4 is 10.1 Å². The number of methoxy groups -OCH3 is 1. The van der Waals surface area contributed by atoms with Gasteiger partial charge in [-0.2, -0.15) is 5.10 Å². The summed E-state index contributed by atoms with van der Waals surface area (Å²) in [7, 11) is 1.58. The normalized spacial score (nSPS) is 10.9. The number of carbonyl (C=O) groups is 1. The minimum absolute atomic E-state index is 0.180. The molecule has 170 valence electrons. The van der Waals surface area contributed by atoms with Crippen molar-refractivity contribution >= 4 is 28.8 Å². The Hall–Kier alpha value is -3.72. The van der Waals surface area contributed by atoms with Gasteiger partial charge in [0.2, 0.25) is 0 Å². The number of hydrogen-bond donors (Lipinski definition) is 2. The number of aromatic nitrogens is 3. The topological polar surface area (TPSA) is 89.3 Å². The quantitative estimate of drug-likeness (QED) is 0.346. The van der Waals surface area contributed by atoms with Crippen LogP contribution in [0.4, 0.5) is 15.9 Å². The lowest BCUT2D eigenvalue weighted by atomic mass is 10.1. The Bertz CT molecular complexity index is 1320. The summed E-state index contributed by atoms with van der Waals surface area (Å²) in [5.41, 5.74) is 3.26. The van der Waals surface area contributed by atoms with Crippen LogP contribution in [0.25, 0.3) is 16.3 Å². The fourth-order valence-corrected chi connectivity index (χ4v) is 4.51. The lowest BCUT2D eigenvalue weighted by Gasteiger charge is -2.15. The molecule has 4 rings (SSSR count). The van der Waals surface area contributed by atoms with Crippen LogP contribution in [0, 0.1) is 5.82 Å². The average Bonchev–Trinajstić information content (AvgIpc) is 3.44. The van der Waals surface area contributed by atoms with Crippen LogP contribution in [-0.2, 0) is 12.8 Å². The summed E-state index contributed by atoms with van der Waals surface area (Å²) in [6.45, 7) is 4.03. The molecule has 2 N–H and O–H groups in total. The number of nitrogens with one attached hydrogen (secondary N) is 1. The van der Waals surface area contributed by atoms with E-state index in [4.69, 9.17) is 14.8 Å². The minimum atomic E-state index is -1.24. The van der Waals surface area contributed by atoms with Gasteiger partial charge in [-0.15, -0.1) is 11.3 Å². The molecule has 0 aliphatic carbocycles. The number of aryl methyl sites for hydroxylation is 2. The molecule has 7 nitrogen and oxygen atoms in total. The number of ether oxygens (including phenoxy) is 1. The van der Waals surface area contributed by atoms with Crippen LogP contribution in [0.2, 0.25) is 0 Å². The monoisotopic (exact) mass is 466 g/mol. The first kappa shape index (κ1) is 22.5. The molecule has 2 heterocycles. The molecule has 0 atom stereocenters. The first-order chi connectivity index (χ1) is 16.0. The van der Waals surface area contributed by atoms with E-state index in [9.17, 15) is 14.3 Å². The molecular formula is C24H23FN4O3S. The van der Waals surface area contributed by atoms with Gasteiger partial charge in [0.1, 0.15) is 28.1 Å². The van der Waals surface area contributed by atoms with E-state index in [-0.39, 0.29) is 11.3 Å². The van der Waals surface area contributed by atoms with Crippen LogP contribution in [0.5, 0.6) is 5.75 Å². The maximum Gasteiger partial charge on any atom is 0.337 e. The predicted molar refractivity (Wildman–Crippen MR) is 127 cm³/mol. The Morgan fingerprint density at radius 2 is 2.00 bits per heavy atom. The second-order valence-electron chi connectivity index (χ2n) is 7.23. The number of nitrogens with zero attached hydrogens (tertiary/aromatic N) is 3. The predicted octanol–water partition coefficient (Wildman–Crippen LogP) is 5.71. The van der Waals surface area contributed by atoms with Gasteiger partial charge in [0.15, 0.2) is 0 Å². The van der Waals surface area contributed by atoms with Gasteiger partial charge < -0.3 is 15.2 Å². The largest absolute Gasteiger partial charge is 0.494 e. The van der Waals surface area contributed by atoms with Crippen LogP contribution >= 0.6 is 11.3 Å². The lowest BCUT2D eigenvalue weighted by molar-refractivity contribution is 0.0697. The van der Waals surface area contributed by atoms with Crippen molar-refractivity contribution in [1.82, 2.24) is 14.8 Å². The molecule has 0 bridgehead atoms. The molecular weight excluding hydrogens is 443 g/mol. The van der Waals surface area contributed by atoms with Crippen molar-refractivity contribution in [3.05, 3.63) is 70.6 Å². The van der Waals surface area contributed by atoms with Crippen molar-refractivity contribution in [3.8, 4) is 22.0 Å². The summed E-state index contributed by atoms with van der Waals surface area (Å²) < 4.78 is 21.0. The summed E-state index contributed by atoms with van der Waals surface area (Å²) in [6.07, 6.45) is 1.42. The zero-order valence-corrected chi connectivity index (χ0v) is 19.2. The number of para-hydroxylation sites is 2. The maximum atomic E-state index is 13.8. The van der Waals surface area contributed by atoms with E-state index in [1.165, 1.54) is 23.5 Å². The van der Waals surface area contributed by atoms with Gasteiger partial charge in [-0.3, -0.25) is 0 Å². The van der Waals surface area contributed by atoms with E-state index >= 15 is 0 Å². The summed E-state index contributed by atoms with van der Waals surface area (Å²) in [4.78, 5) is 16.6. The van der Waals surface area contributed by atoms with Crippen molar-refractivity contribution in [2.75, 3.05) is 12.4 Å². The highest BCUT2D eigenvalue weighted by Crippen LogP contribution is 2.39. The maximum absolute atomic E-state index is 13.8. The number of halogens is 1. The highest BCUT2D eigenvalue weighted by Gasteiger charge is 2.25. The van der Waals surface area contributed by atoms with Crippen molar-refractivity contribution in [2.24, 2.45) is 0 Å². The van der Waals surface area contributed by atoms with E-state index in [2.05, 4.69) is 5.32 Å². The third-order valence-electron chi connectivity index (χ3n) is 5.20. The zero-order chi connectivity index (χ0) is 23.5. The van der Waals surface area contributed by atoms with Gasteiger partial charge in [-0.1, -0.05) is 26.0 Å². The molecule has 4 aromatic rings. The van der Waals surface area contributed by atoms with Crippen LogP contribution in [0.15, 0.2) is 47.8 Å². The molecule has 2 aromatic heterocycles. The van der Waals surface area contributed by atoms with Crippen LogP contribution in [0.3, 0.4) is 0 Å². The van der Waals surface area contributed by atoms with Gasteiger partial charge in [0.25, 0.3) is 0 Å². The SMILES string of the molecule is CCc1csc(-c2c(CC)nn(-c3ccccc3OC)c2Nc2ccc(F)cc2C(=O)O)n1. The minimum Gasteiger partial charge on any atom is -0.494 e. The third kappa shape index (κ3) is 4.31. The first-order valence-electron chi connectivity index (χ1n) is 10.5. The number of hydrogen-bond acceptors (Lipinski definition) is 6. The molecule has 33 heavy (non-hydrogen) atoms. The van der Waals surface area contributed by atoms with Gasteiger partial charge >= 0.3 is 5.97 Å². The molecule has 0 spiro atoms. The molecule has 2 aromatic carbocycles. The molecule has 0 saturated heterocycles. The number of thiazole rings is 1. The fraction of sp³-hybridized carbons (Fsp3) is 0.208. The Morgan fingerprint density at radius 3 is 2.67 bits per heavy atom. The molecule has 0 unspecified atom stereocenters. The van der Waals surface area contributed by atoms with Gasteiger partial charge in [0.05, 0.1) is 35.3 Å². The highest BCUT2D eigenvalue weighted by atomic mass is 32.1. The van der Waals surface area contributed by atoms with E-state index in [1.807, 2.05) is 43.5 Å². The zero-order valence-electron chi connectivity index (χ0n) is 18.4. The van der Waals surface area contributed by atoms with E-state index in [0.29, 0.717) is 23.7 Å². The number of aromatic carboxylic acids is 1. The Kier molecular flexibility index (Phi) is 6.41. The van der Waals surface area contributed by atoms with Crippen molar-refractivity contribution < 1.29 is 19.0 Å². The summed E-state index contributed by atoms with van der Waals surface area (Å²) in [5.74, 6) is -0.732. The molecule has 0 saturated carbocycles. The van der Waals surface area contributed by atoms with Gasteiger partial charge in [-0.25, -0.2) is 18.9 Å². The molecule has 0 amide bonds. The van der Waals surface area contributed by atoms with Gasteiger partial charge in [-0.05, 0) is 43.2 Å². The second kappa shape index (κ2) is 9.41. The van der Waals surface area contributed by atoms with Crippen molar-refractivity contribution in [1.29, 1.82) is 0 Å². The second-order valence-corrected chi connectivity index (χ2v) is 8.08. The van der Waals surface area contributed by atoms with Crippen LogP contribution in [0.1, 0.15) is 35.6 Å². The fourth-order valence-electron chi connectivity index (χ4n) is 3.54. The summed E-state index contributed by atoms with van der Waals surface area (Å²) in [6, 6.07) is 11.0. The number of benzene rings is 2. The highest BCUT2D eigenvalue weighted by molar-refractivity contribution is 7.13. The Balaban J connectivity index is 1.99. The van der Waals surface area contributed by atoms with Crippen molar-refractivity contribution in [3.63, 3.8) is 0 Å². The third-order valence-corrected chi connectivity index (χ3v) is 6.11. The van der Waals surface area contributed by atoms with E-state index < -0.39 is 11.8 Å². The molecule has 9 heteroatoms. The number of carboxylic acid groups (broad SMARTS) is 1. The van der Waals surface area contributed by atoms with Gasteiger partial charge in [0, 0.05) is 5.38 Å².